The van der Waals surface area contributed by atoms with Crippen molar-refractivity contribution < 1.29 is 14.3 Å². The van der Waals surface area contributed by atoms with Gasteiger partial charge in [-0.3, -0.25) is 14.6 Å². The second kappa shape index (κ2) is 8.19. The first-order valence-electron chi connectivity index (χ1n) is 8.46. The van der Waals surface area contributed by atoms with E-state index in [0.29, 0.717) is 29.5 Å². The molecule has 3 rings (SSSR count). The van der Waals surface area contributed by atoms with Crippen molar-refractivity contribution in [3.8, 4) is 5.75 Å². The van der Waals surface area contributed by atoms with Crippen LogP contribution in [0.5, 0.6) is 5.75 Å². The number of nitrogens with one attached hydrogen (secondary N) is 1. The van der Waals surface area contributed by atoms with Gasteiger partial charge in [0.25, 0.3) is 0 Å². The van der Waals surface area contributed by atoms with E-state index >= 15 is 0 Å². The highest BCUT2D eigenvalue weighted by atomic mass is 35.5. The quantitative estimate of drug-likeness (QED) is 0.874. The molecule has 1 aliphatic rings. The molecule has 0 fully saturated rings. The Morgan fingerprint density at radius 3 is 2.92 bits per heavy atom. The fraction of sp³-hybridized carbons (Fsp3) is 0.316. The second-order valence-corrected chi connectivity index (χ2v) is 6.58. The average Bonchev–Trinajstić information content (AvgIpc) is 2.65. The number of carbonyl (C=O) groups excluding carboxylic acids is 2. The molecular weight excluding hydrogens is 354 g/mol. The van der Waals surface area contributed by atoms with Crippen molar-refractivity contribution in [3.05, 3.63) is 53.3 Å². The molecule has 1 aromatic carbocycles. The molecule has 1 aliphatic heterocycles. The van der Waals surface area contributed by atoms with Crippen molar-refractivity contribution in [2.24, 2.45) is 0 Å². The molecule has 1 unspecified atom stereocenters. The largest absolute Gasteiger partial charge is 0.487 e. The third-order valence-corrected chi connectivity index (χ3v) is 4.27. The van der Waals surface area contributed by atoms with Crippen LogP contribution in [0.2, 0.25) is 5.02 Å². The number of nitrogens with zero attached hydrogens (tertiary/aromatic N) is 2. The number of hydrogen-bond donors (Lipinski definition) is 1. The molecule has 0 saturated heterocycles. The summed E-state index contributed by atoms with van der Waals surface area (Å²) in [5.74, 6) is 0.314. The maximum atomic E-state index is 12.6. The summed E-state index contributed by atoms with van der Waals surface area (Å²) in [5, 5.41) is 3.31. The van der Waals surface area contributed by atoms with Crippen LogP contribution in [-0.2, 0) is 16.1 Å². The standard InChI is InChI=1S/C19H20ClN3O3/c1-13-12-23(16-10-14(20)5-6-17(16)26-13)19(25)8-7-18(24)22-11-15-4-2-3-9-21-15/h2-6,9-10,13H,7-8,11-12H2,1H3,(H,22,24). The van der Waals surface area contributed by atoms with Crippen LogP contribution >= 0.6 is 11.6 Å². The van der Waals surface area contributed by atoms with Crippen molar-refractivity contribution in [3.63, 3.8) is 0 Å². The maximum Gasteiger partial charge on any atom is 0.227 e. The lowest BCUT2D eigenvalue weighted by Crippen LogP contribution is -2.42. The molecule has 6 nitrogen and oxygen atoms in total. The highest BCUT2D eigenvalue weighted by molar-refractivity contribution is 6.31. The molecule has 0 aliphatic carbocycles. The predicted octanol–water partition coefficient (Wildman–Crippen LogP) is 2.95. The van der Waals surface area contributed by atoms with E-state index in [1.54, 1.807) is 29.3 Å². The Morgan fingerprint density at radius 2 is 2.15 bits per heavy atom. The summed E-state index contributed by atoms with van der Waals surface area (Å²) in [6, 6.07) is 10.7. The minimum Gasteiger partial charge on any atom is -0.487 e. The van der Waals surface area contributed by atoms with Crippen molar-refractivity contribution >= 4 is 29.1 Å². The lowest BCUT2D eigenvalue weighted by atomic mass is 10.1. The Bertz CT molecular complexity index is 798. The van der Waals surface area contributed by atoms with E-state index in [4.69, 9.17) is 16.3 Å². The van der Waals surface area contributed by atoms with Gasteiger partial charge in [0.05, 0.1) is 24.5 Å². The van der Waals surface area contributed by atoms with E-state index in [-0.39, 0.29) is 30.8 Å². The molecule has 26 heavy (non-hydrogen) atoms. The fourth-order valence-corrected chi connectivity index (χ4v) is 2.95. The maximum absolute atomic E-state index is 12.6. The first-order valence-corrected chi connectivity index (χ1v) is 8.84. The number of halogens is 1. The smallest absolute Gasteiger partial charge is 0.227 e. The molecule has 7 heteroatoms. The molecule has 2 aromatic rings. The van der Waals surface area contributed by atoms with Crippen LogP contribution in [0, 0.1) is 0 Å². The molecule has 0 radical (unpaired) electrons. The zero-order valence-corrected chi connectivity index (χ0v) is 15.2. The molecule has 0 spiro atoms. The van der Waals surface area contributed by atoms with Crippen LogP contribution in [0.4, 0.5) is 5.69 Å². The average molecular weight is 374 g/mol. The number of fused-ring (bicyclic) bond motifs is 1. The molecule has 2 heterocycles. The van der Waals surface area contributed by atoms with E-state index in [1.807, 2.05) is 25.1 Å². The lowest BCUT2D eigenvalue weighted by molar-refractivity contribution is -0.125. The number of ether oxygens (including phenoxy) is 1. The van der Waals surface area contributed by atoms with Crippen molar-refractivity contribution in [2.45, 2.75) is 32.4 Å². The topological polar surface area (TPSA) is 71.5 Å². The number of benzene rings is 1. The third kappa shape index (κ3) is 4.52. The molecule has 2 amide bonds. The predicted molar refractivity (Wildman–Crippen MR) is 99.2 cm³/mol. The fourth-order valence-electron chi connectivity index (χ4n) is 2.78. The first kappa shape index (κ1) is 18.2. The number of rotatable bonds is 5. The van der Waals surface area contributed by atoms with Gasteiger partial charge in [0, 0.05) is 24.1 Å². The number of aromatic nitrogens is 1. The van der Waals surface area contributed by atoms with Gasteiger partial charge in [-0.15, -0.1) is 0 Å². The zero-order chi connectivity index (χ0) is 18.5. The van der Waals surface area contributed by atoms with Crippen molar-refractivity contribution in [1.29, 1.82) is 0 Å². The van der Waals surface area contributed by atoms with Gasteiger partial charge < -0.3 is 15.0 Å². The van der Waals surface area contributed by atoms with Gasteiger partial charge in [0.15, 0.2) is 0 Å². The van der Waals surface area contributed by atoms with Crippen LogP contribution in [0.25, 0.3) is 0 Å². The number of carbonyl (C=O) groups is 2. The molecule has 1 aromatic heterocycles. The number of amides is 2. The summed E-state index contributed by atoms with van der Waals surface area (Å²) in [6.07, 6.45) is 1.79. The first-order chi connectivity index (χ1) is 12.5. The summed E-state index contributed by atoms with van der Waals surface area (Å²) < 4.78 is 5.74. The molecule has 1 atom stereocenters. The van der Waals surface area contributed by atoms with E-state index in [9.17, 15) is 9.59 Å². The molecule has 136 valence electrons. The van der Waals surface area contributed by atoms with E-state index in [1.165, 1.54) is 0 Å². The lowest BCUT2D eigenvalue weighted by Gasteiger charge is -2.33. The van der Waals surface area contributed by atoms with Gasteiger partial charge in [0.1, 0.15) is 11.9 Å². The SMILES string of the molecule is CC1CN(C(=O)CCC(=O)NCc2ccccn2)c2cc(Cl)ccc2O1. The third-order valence-electron chi connectivity index (χ3n) is 4.04. The summed E-state index contributed by atoms with van der Waals surface area (Å²) >= 11 is 6.05. The van der Waals surface area contributed by atoms with Gasteiger partial charge in [-0.1, -0.05) is 17.7 Å². The highest BCUT2D eigenvalue weighted by Crippen LogP contribution is 2.36. The van der Waals surface area contributed by atoms with E-state index in [2.05, 4.69) is 10.3 Å². The molecular formula is C19H20ClN3O3. The van der Waals surface area contributed by atoms with Gasteiger partial charge >= 0.3 is 0 Å². The van der Waals surface area contributed by atoms with E-state index < -0.39 is 0 Å². The monoisotopic (exact) mass is 373 g/mol. The van der Waals surface area contributed by atoms with Gasteiger partial charge in [-0.2, -0.15) is 0 Å². The molecule has 0 saturated carbocycles. The normalized spacial score (nSPS) is 15.8. The van der Waals surface area contributed by atoms with Crippen LogP contribution in [0.1, 0.15) is 25.5 Å². The Hall–Kier alpha value is -2.60. The molecule has 0 bridgehead atoms. The molecule has 1 N–H and O–H groups in total. The Balaban J connectivity index is 1.56. The van der Waals surface area contributed by atoms with E-state index in [0.717, 1.165) is 5.69 Å². The van der Waals surface area contributed by atoms with Crippen LogP contribution < -0.4 is 15.0 Å². The number of anilines is 1. The Labute approximate surface area is 157 Å². The minimum absolute atomic E-state index is 0.118. The van der Waals surface area contributed by atoms with Gasteiger partial charge in [0.2, 0.25) is 11.8 Å². The summed E-state index contributed by atoms with van der Waals surface area (Å²) in [6.45, 7) is 2.68. The van der Waals surface area contributed by atoms with Crippen LogP contribution in [0.15, 0.2) is 42.6 Å². The van der Waals surface area contributed by atoms with Gasteiger partial charge in [-0.25, -0.2) is 0 Å². The summed E-state index contributed by atoms with van der Waals surface area (Å²) in [4.78, 5) is 30.4. The Kier molecular flexibility index (Phi) is 5.73. The minimum atomic E-state index is -0.184. The zero-order valence-electron chi connectivity index (χ0n) is 14.4. The summed E-state index contributed by atoms with van der Waals surface area (Å²) in [7, 11) is 0. The number of hydrogen-bond acceptors (Lipinski definition) is 4. The van der Waals surface area contributed by atoms with Crippen LogP contribution in [0.3, 0.4) is 0 Å². The van der Waals surface area contributed by atoms with Gasteiger partial charge in [-0.05, 0) is 37.3 Å². The van der Waals surface area contributed by atoms with Crippen LogP contribution in [-0.4, -0.2) is 29.4 Å². The Morgan fingerprint density at radius 1 is 1.31 bits per heavy atom. The second-order valence-electron chi connectivity index (χ2n) is 6.14. The van der Waals surface area contributed by atoms with Crippen molar-refractivity contribution in [1.82, 2.24) is 10.3 Å². The number of pyridine rings is 1. The van der Waals surface area contributed by atoms with Crippen molar-refractivity contribution in [2.75, 3.05) is 11.4 Å². The highest BCUT2D eigenvalue weighted by Gasteiger charge is 2.27. The summed E-state index contributed by atoms with van der Waals surface area (Å²) in [5.41, 5.74) is 1.42.